The molecule has 0 spiro atoms. The molecule has 0 aromatic heterocycles. The van der Waals surface area contributed by atoms with Gasteiger partial charge in [0.15, 0.2) is 0 Å². The molecule has 0 aliphatic rings. The maximum atomic E-state index is 10.2. The van der Waals surface area contributed by atoms with Crippen molar-refractivity contribution in [2.75, 3.05) is 17.8 Å². The minimum atomic E-state index is -2.75. The average molecular weight is 156 g/mol. The third kappa shape index (κ3) is 9.57. The Hall–Kier alpha value is 0.300. The summed E-state index contributed by atoms with van der Waals surface area (Å²) in [4.78, 5) is 0. The summed E-state index contributed by atoms with van der Waals surface area (Å²) in [6.45, 7) is 0. The molecule has 0 rings (SSSR count). The molecule has 0 aliphatic heterocycles. The highest BCUT2D eigenvalue weighted by Crippen LogP contribution is 1.82. The molecule has 52 valence electrons. The van der Waals surface area contributed by atoms with E-state index in [0.717, 1.165) is 0 Å². The lowest BCUT2D eigenvalue weighted by atomic mass is 11.0. The van der Waals surface area contributed by atoms with E-state index in [4.69, 9.17) is 0 Å². The Morgan fingerprint density at radius 1 is 1.50 bits per heavy atom. The summed E-state index contributed by atoms with van der Waals surface area (Å²) in [7, 11) is -2.75. The molecule has 2 nitrogen and oxygen atoms in total. The highest BCUT2D eigenvalue weighted by molar-refractivity contribution is 7.91. The number of hydrogen-bond donors (Lipinski definition) is 1. The van der Waals surface area contributed by atoms with E-state index in [-0.39, 0.29) is 13.2 Å². The van der Waals surface area contributed by atoms with Gasteiger partial charge in [-0.25, -0.2) is 8.42 Å². The minimum Gasteiger partial charge on any atom is -0.229 e. The van der Waals surface area contributed by atoms with Gasteiger partial charge in [0.2, 0.25) is 0 Å². The first-order valence-electron chi connectivity index (χ1n) is 1.85. The Balaban J connectivity index is 0. The zero-order valence-corrected chi connectivity index (χ0v) is 5.80. The Kier molecular flexibility index (Phi) is 5.86. The molecular formula is C4H12O2S2. The normalized spacial score (nSPS) is 10.2. The lowest BCUT2D eigenvalue weighted by molar-refractivity contribution is 0.603. The summed E-state index contributed by atoms with van der Waals surface area (Å²) in [5, 5.41) is 0. The summed E-state index contributed by atoms with van der Waals surface area (Å²) in [6, 6.07) is 0. The standard InChI is InChI=1S/C3H8O2S2.CH4/c1-7(4,5)3-2-6;/h6H,2-3H2,1H3;1H4. The van der Waals surface area contributed by atoms with Crippen LogP contribution in [0.1, 0.15) is 7.43 Å². The van der Waals surface area contributed by atoms with Crippen LogP contribution in [0.4, 0.5) is 0 Å². The van der Waals surface area contributed by atoms with Crippen molar-refractivity contribution in [3.05, 3.63) is 0 Å². The van der Waals surface area contributed by atoms with Crippen molar-refractivity contribution in [2.24, 2.45) is 0 Å². The Labute approximate surface area is 56.6 Å². The van der Waals surface area contributed by atoms with E-state index in [1.807, 2.05) is 0 Å². The third-order valence-corrected chi connectivity index (χ3v) is 1.93. The zero-order valence-electron chi connectivity index (χ0n) is 4.09. The SMILES string of the molecule is C.CS(=O)(=O)CCS. The quantitative estimate of drug-likeness (QED) is 0.594. The lowest BCUT2D eigenvalue weighted by Crippen LogP contribution is -2.02. The molecular weight excluding hydrogens is 144 g/mol. The molecule has 0 radical (unpaired) electrons. The van der Waals surface area contributed by atoms with Gasteiger partial charge >= 0.3 is 0 Å². The fourth-order valence-electron chi connectivity index (χ4n) is 0.166. The van der Waals surface area contributed by atoms with Crippen molar-refractivity contribution < 1.29 is 8.42 Å². The van der Waals surface area contributed by atoms with Crippen LogP contribution in [0.25, 0.3) is 0 Å². The molecule has 0 unspecified atom stereocenters. The van der Waals surface area contributed by atoms with Crippen LogP contribution in [0, 0.1) is 0 Å². The summed E-state index contributed by atoms with van der Waals surface area (Å²) < 4.78 is 20.4. The molecule has 0 heterocycles. The second-order valence-corrected chi connectivity index (χ2v) is 4.06. The molecule has 8 heavy (non-hydrogen) atoms. The van der Waals surface area contributed by atoms with Gasteiger partial charge in [0.25, 0.3) is 0 Å². The van der Waals surface area contributed by atoms with Gasteiger partial charge in [0, 0.05) is 12.0 Å². The fourth-order valence-corrected chi connectivity index (χ4v) is 1.49. The van der Waals surface area contributed by atoms with Crippen molar-refractivity contribution >= 4 is 22.5 Å². The van der Waals surface area contributed by atoms with Crippen LogP contribution in [0.2, 0.25) is 0 Å². The van der Waals surface area contributed by atoms with E-state index in [2.05, 4.69) is 12.6 Å². The van der Waals surface area contributed by atoms with Crippen LogP contribution in [0.3, 0.4) is 0 Å². The number of hydrogen-bond acceptors (Lipinski definition) is 3. The Morgan fingerprint density at radius 2 is 1.88 bits per heavy atom. The van der Waals surface area contributed by atoms with Gasteiger partial charge in [0.1, 0.15) is 9.84 Å². The van der Waals surface area contributed by atoms with E-state index in [1.54, 1.807) is 0 Å². The van der Waals surface area contributed by atoms with E-state index >= 15 is 0 Å². The van der Waals surface area contributed by atoms with Gasteiger partial charge in [0.05, 0.1) is 5.75 Å². The molecule has 0 fully saturated rings. The topological polar surface area (TPSA) is 34.1 Å². The van der Waals surface area contributed by atoms with Gasteiger partial charge < -0.3 is 0 Å². The molecule has 0 aromatic carbocycles. The van der Waals surface area contributed by atoms with Gasteiger partial charge in [-0.05, 0) is 0 Å². The van der Waals surface area contributed by atoms with Crippen molar-refractivity contribution in [1.29, 1.82) is 0 Å². The van der Waals surface area contributed by atoms with Crippen LogP contribution < -0.4 is 0 Å². The second-order valence-electron chi connectivity index (χ2n) is 1.35. The fraction of sp³-hybridized carbons (Fsp3) is 1.00. The molecule has 0 aliphatic carbocycles. The molecule has 4 heteroatoms. The van der Waals surface area contributed by atoms with Gasteiger partial charge in [-0.1, -0.05) is 7.43 Å². The van der Waals surface area contributed by atoms with E-state index in [1.165, 1.54) is 6.26 Å². The Bertz CT molecular complexity index is 125. The van der Waals surface area contributed by atoms with Gasteiger partial charge in [-0.3, -0.25) is 0 Å². The first-order valence-corrected chi connectivity index (χ1v) is 4.54. The van der Waals surface area contributed by atoms with Crippen LogP contribution in [0.5, 0.6) is 0 Å². The maximum Gasteiger partial charge on any atom is 0.148 e. The van der Waals surface area contributed by atoms with Crippen LogP contribution in [0.15, 0.2) is 0 Å². The monoisotopic (exact) mass is 156 g/mol. The van der Waals surface area contributed by atoms with Crippen molar-refractivity contribution in [1.82, 2.24) is 0 Å². The van der Waals surface area contributed by atoms with E-state index in [9.17, 15) is 8.42 Å². The highest BCUT2D eigenvalue weighted by Gasteiger charge is 1.95. The van der Waals surface area contributed by atoms with E-state index < -0.39 is 9.84 Å². The van der Waals surface area contributed by atoms with Crippen molar-refractivity contribution in [3.8, 4) is 0 Å². The first-order chi connectivity index (χ1) is 3.06. The second kappa shape index (κ2) is 4.21. The third-order valence-electron chi connectivity index (χ3n) is 0.462. The minimum absolute atomic E-state index is 0. The van der Waals surface area contributed by atoms with E-state index in [0.29, 0.717) is 5.75 Å². The first kappa shape index (κ1) is 11.1. The summed E-state index contributed by atoms with van der Waals surface area (Å²) in [5.41, 5.74) is 0. The molecule has 0 amide bonds. The van der Waals surface area contributed by atoms with Crippen LogP contribution in [-0.2, 0) is 9.84 Å². The Morgan fingerprint density at radius 3 is 1.88 bits per heavy atom. The number of thiol groups is 1. The summed E-state index contributed by atoms with van der Waals surface area (Å²) >= 11 is 3.73. The molecule has 0 atom stereocenters. The number of sulfone groups is 1. The molecule has 0 saturated carbocycles. The summed E-state index contributed by atoms with van der Waals surface area (Å²) in [5.74, 6) is 0.592. The predicted molar refractivity (Wildman–Crippen MR) is 40.3 cm³/mol. The highest BCUT2D eigenvalue weighted by atomic mass is 32.2. The maximum absolute atomic E-state index is 10.2. The van der Waals surface area contributed by atoms with Crippen LogP contribution in [-0.4, -0.2) is 26.2 Å². The summed E-state index contributed by atoms with van der Waals surface area (Å²) in [6.07, 6.45) is 1.20. The molecule has 0 bridgehead atoms. The molecule has 0 saturated heterocycles. The van der Waals surface area contributed by atoms with Crippen molar-refractivity contribution in [3.63, 3.8) is 0 Å². The molecule has 0 N–H and O–H groups in total. The average Bonchev–Trinajstić information content (AvgIpc) is 1.30. The lowest BCUT2D eigenvalue weighted by Gasteiger charge is -1.86. The van der Waals surface area contributed by atoms with Crippen LogP contribution >= 0.6 is 12.6 Å². The number of rotatable bonds is 2. The van der Waals surface area contributed by atoms with Crippen molar-refractivity contribution in [2.45, 2.75) is 7.43 Å². The smallest absolute Gasteiger partial charge is 0.148 e. The van der Waals surface area contributed by atoms with Gasteiger partial charge in [-0.15, -0.1) is 0 Å². The molecule has 0 aromatic rings. The predicted octanol–water partition coefficient (Wildman–Crippen LogP) is 0.597. The van der Waals surface area contributed by atoms with Gasteiger partial charge in [-0.2, -0.15) is 12.6 Å². The zero-order chi connectivity index (χ0) is 5.91. The largest absolute Gasteiger partial charge is 0.229 e.